The maximum Gasteiger partial charge on any atom is 0.573 e. The fourth-order valence-electron chi connectivity index (χ4n) is 1.47. The van der Waals surface area contributed by atoms with Crippen molar-refractivity contribution in [2.24, 2.45) is 5.41 Å². The lowest BCUT2D eigenvalue weighted by atomic mass is 9.88. The molecule has 0 aliphatic carbocycles. The molecule has 1 aromatic rings. The van der Waals surface area contributed by atoms with Crippen molar-refractivity contribution in [2.75, 3.05) is 0 Å². The molecule has 1 aromatic carbocycles. The highest BCUT2D eigenvalue weighted by atomic mass is 19.4. The third-order valence-electron chi connectivity index (χ3n) is 1.98. The first-order valence-electron chi connectivity index (χ1n) is 5.11. The molecule has 1 nitrogen and oxygen atoms in total. The van der Waals surface area contributed by atoms with Crippen LogP contribution in [0.25, 0.3) is 0 Å². The van der Waals surface area contributed by atoms with E-state index in [0.717, 1.165) is 12.1 Å². The van der Waals surface area contributed by atoms with Gasteiger partial charge in [-0.3, -0.25) is 0 Å². The molecule has 1 rings (SSSR count). The Hall–Kier alpha value is -1.26. The average molecular weight is 250 g/mol. The highest BCUT2D eigenvalue weighted by molar-refractivity contribution is 5.35. The molecule has 96 valence electrons. The van der Waals surface area contributed by atoms with Crippen LogP contribution in [0.4, 0.5) is 17.6 Å². The molecule has 0 amide bonds. The highest BCUT2D eigenvalue weighted by Crippen LogP contribution is 2.31. The number of ether oxygens (including phenoxy) is 1. The first kappa shape index (κ1) is 13.8. The van der Waals surface area contributed by atoms with Gasteiger partial charge in [0.1, 0.15) is 11.6 Å². The van der Waals surface area contributed by atoms with Crippen LogP contribution in [0, 0.1) is 11.2 Å². The van der Waals surface area contributed by atoms with Crippen molar-refractivity contribution in [2.45, 2.75) is 33.6 Å². The van der Waals surface area contributed by atoms with Gasteiger partial charge in [0.15, 0.2) is 0 Å². The fraction of sp³-hybridized carbons (Fsp3) is 0.500. The van der Waals surface area contributed by atoms with Gasteiger partial charge in [0, 0.05) is 6.07 Å². The van der Waals surface area contributed by atoms with Crippen LogP contribution >= 0.6 is 0 Å². The first-order valence-corrected chi connectivity index (χ1v) is 5.11. The second-order valence-electron chi connectivity index (χ2n) is 5.04. The maximum atomic E-state index is 12.9. The molecule has 0 aliphatic heterocycles. The van der Waals surface area contributed by atoms with E-state index in [2.05, 4.69) is 4.74 Å². The Morgan fingerprint density at radius 2 is 1.71 bits per heavy atom. The Morgan fingerprint density at radius 1 is 1.12 bits per heavy atom. The van der Waals surface area contributed by atoms with Gasteiger partial charge < -0.3 is 4.74 Å². The molecule has 0 saturated carbocycles. The van der Waals surface area contributed by atoms with Crippen molar-refractivity contribution >= 4 is 0 Å². The van der Waals surface area contributed by atoms with Crippen molar-refractivity contribution in [3.8, 4) is 5.75 Å². The van der Waals surface area contributed by atoms with Gasteiger partial charge in [0.2, 0.25) is 0 Å². The van der Waals surface area contributed by atoms with Gasteiger partial charge in [-0.2, -0.15) is 0 Å². The summed E-state index contributed by atoms with van der Waals surface area (Å²) in [4.78, 5) is 0. The number of halogens is 4. The largest absolute Gasteiger partial charge is 0.573 e. The summed E-state index contributed by atoms with van der Waals surface area (Å²) in [6.45, 7) is 5.65. The van der Waals surface area contributed by atoms with E-state index in [1.54, 1.807) is 0 Å². The Morgan fingerprint density at radius 3 is 2.18 bits per heavy atom. The highest BCUT2D eigenvalue weighted by Gasteiger charge is 2.32. The van der Waals surface area contributed by atoms with Crippen LogP contribution in [0.2, 0.25) is 0 Å². The molecule has 0 spiro atoms. The monoisotopic (exact) mass is 250 g/mol. The molecule has 0 atom stereocenters. The van der Waals surface area contributed by atoms with E-state index in [-0.39, 0.29) is 5.41 Å². The van der Waals surface area contributed by atoms with E-state index in [1.165, 1.54) is 6.07 Å². The second-order valence-corrected chi connectivity index (χ2v) is 5.04. The van der Waals surface area contributed by atoms with Gasteiger partial charge in [0.25, 0.3) is 0 Å². The summed E-state index contributed by atoms with van der Waals surface area (Å²) in [6.07, 6.45) is -4.43. The molecule has 0 bridgehead atoms. The second kappa shape index (κ2) is 4.55. The van der Waals surface area contributed by atoms with E-state index in [9.17, 15) is 17.6 Å². The third-order valence-corrected chi connectivity index (χ3v) is 1.98. The van der Waals surface area contributed by atoms with Crippen molar-refractivity contribution in [3.05, 3.63) is 29.6 Å². The van der Waals surface area contributed by atoms with Crippen LogP contribution in [-0.4, -0.2) is 6.36 Å². The summed E-state index contributed by atoms with van der Waals surface area (Å²) in [5.41, 5.74) is 0.137. The smallest absolute Gasteiger partial charge is 0.405 e. The number of rotatable bonds is 2. The SMILES string of the molecule is CC(C)(C)Cc1ccc(F)cc1OC(F)(F)F. The van der Waals surface area contributed by atoms with Gasteiger partial charge in [-0.25, -0.2) is 4.39 Å². The van der Waals surface area contributed by atoms with Crippen LogP contribution < -0.4 is 4.74 Å². The Balaban J connectivity index is 3.04. The molecule has 0 heterocycles. The number of alkyl halides is 3. The maximum absolute atomic E-state index is 12.9. The lowest BCUT2D eigenvalue weighted by molar-refractivity contribution is -0.275. The molecule has 0 unspecified atom stereocenters. The van der Waals surface area contributed by atoms with Crippen molar-refractivity contribution < 1.29 is 22.3 Å². The quantitative estimate of drug-likeness (QED) is 0.710. The van der Waals surface area contributed by atoms with Crippen LogP contribution in [0.1, 0.15) is 26.3 Å². The number of hydrogen-bond acceptors (Lipinski definition) is 1. The van der Waals surface area contributed by atoms with E-state index in [1.807, 2.05) is 20.8 Å². The minimum Gasteiger partial charge on any atom is -0.405 e. The molecule has 0 aromatic heterocycles. The van der Waals surface area contributed by atoms with E-state index in [4.69, 9.17) is 0 Å². The minimum atomic E-state index is -4.81. The summed E-state index contributed by atoms with van der Waals surface area (Å²) in [6, 6.07) is 3.21. The van der Waals surface area contributed by atoms with Gasteiger partial charge in [0.05, 0.1) is 0 Å². The molecule has 0 aliphatic rings. The number of benzene rings is 1. The van der Waals surface area contributed by atoms with Crippen LogP contribution in [0.5, 0.6) is 5.75 Å². The van der Waals surface area contributed by atoms with Crippen LogP contribution in [0.3, 0.4) is 0 Å². The Bertz CT molecular complexity index is 390. The molecule has 0 saturated heterocycles. The molecule has 0 radical (unpaired) electrons. The standard InChI is InChI=1S/C12H14F4O/c1-11(2,3)7-8-4-5-9(13)6-10(8)17-12(14,15)16/h4-6H,7H2,1-3H3. The average Bonchev–Trinajstić information content (AvgIpc) is 2.05. The molecular formula is C12H14F4O. The van der Waals surface area contributed by atoms with Crippen molar-refractivity contribution in [1.82, 2.24) is 0 Å². The molecule has 0 N–H and O–H groups in total. The molecule has 5 heteroatoms. The fourth-order valence-corrected chi connectivity index (χ4v) is 1.47. The lowest BCUT2D eigenvalue weighted by Gasteiger charge is -2.21. The van der Waals surface area contributed by atoms with Crippen molar-refractivity contribution in [1.29, 1.82) is 0 Å². The van der Waals surface area contributed by atoms with E-state index in [0.29, 0.717) is 12.0 Å². The zero-order valence-electron chi connectivity index (χ0n) is 9.86. The first-order chi connectivity index (χ1) is 7.57. The summed E-state index contributed by atoms with van der Waals surface area (Å²) in [7, 11) is 0. The van der Waals surface area contributed by atoms with Gasteiger partial charge in [-0.1, -0.05) is 26.8 Å². The zero-order chi connectivity index (χ0) is 13.3. The Kier molecular flexibility index (Phi) is 3.69. The predicted molar refractivity (Wildman–Crippen MR) is 56.2 cm³/mol. The van der Waals surface area contributed by atoms with Gasteiger partial charge >= 0.3 is 6.36 Å². The molecule has 17 heavy (non-hydrogen) atoms. The zero-order valence-corrected chi connectivity index (χ0v) is 9.86. The van der Waals surface area contributed by atoms with Crippen molar-refractivity contribution in [3.63, 3.8) is 0 Å². The summed E-state index contributed by atoms with van der Waals surface area (Å²) < 4.78 is 53.2. The normalized spacial score (nSPS) is 12.6. The van der Waals surface area contributed by atoms with Gasteiger partial charge in [-0.15, -0.1) is 13.2 Å². The van der Waals surface area contributed by atoms with Gasteiger partial charge in [-0.05, 0) is 23.5 Å². The third kappa shape index (κ3) is 5.06. The Labute approximate surface area is 97.4 Å². The van der Waals surface area contributed by atoms with E-state index < -0.39 is 17.9 Å². The molecule has 0 fully saturated rings. The summed E-state index contributed by atoms with van der Waals surface area (Å²) in [5, 5.41) is 0. The van der Waals surface area contributed by atoms with Crippen LogP contribution in [0.15, 0.2) is 18.2 Å². The van der Waals surface area contributed by atoms with E-state index >= 15 is 0 Å². The minimum absolute atomic E-state index is 0.207. The predicted octanol–water partition coefficient (Wildman–Crippen LogP) is 4.31. The van der Waals surface area contributed by atoms with Crippen LogP contribution in [-0.2, 0) is 6.42 Å². The summed E-state index contributed by atoms with van der Waals surface area (Å²) >= 11 is 0. The topological polar surface area (TPSA) is 9.23 Å². The lowest BCUT2D eigenvalue weighted by Crippen LogP contribution is -2.19. The number of hydrogen-bond donors (Lipinski definition) is 0. The molecular weight excluding hydrogens is 236 g/mol. The summed E-state index contributed by atoms with van der Waals surface area (Å²) in [5.74, 6) is -1.21.